The summed E-state index contributed by atoms with van der Waals surface area (Å²) >= 11 is 0. The molecule has 12 heavy (non-hydrogen) atoms. The van der Waals surface area contributed by atoms with Crippen LogP contribution in [0.1, 0.15) is 0 Å². The third-order valence-electron chi connectivity index (χ3n) is 1.10. The first-order valence-corrected chi connectivity index (χ1v) is 11.5. The molecule has 0 nitrogen and oxygen atoms in total. The smallest absolute Gasteiger partial charge is 0.0774 e. The lowest BCUT2D eigenvalue weighted by molar-refractivity contribution is 1.69. The van der Waals surface area contributed by atoms with Gasteiger partial charge in [-0.05, 0) is 6.08 Å². The Balaban J connectivity index is 4.00. The van der Waals surface area contributed by atoms with Crippen LogP contribution < -0.4 is 0 Å². The Morgan fingerprint density at radius 2 is 1.42 bits per heavy atom. The summed E-state index contributed by atoms with van der Waals surface area (Å²) in [6.07, 6.45) is 5.19. The highest BCUT2D eigenvalue weighted by atomic mass is 28.3. The van der Waals surface area contributed by atoms with Crippen molar-refractivity contribution in [1.29, 1.82) is 0 Å². The van der Waals surface area contributed by atoms with E-state index in [4.69, 9.17) is 0 Å². The molecule has 0 aliphatic carbocycles. The third-order valence-corrected chi connectivity index (χ3v) is 3.15. The van der Waals surface area contributed by atoms with Crippen molar-refractivity contribution in [3.63, 3.8) is 0 Å². The Bertz CT molecular complexity index is 155. The van der Waals surface area contributed by atoms with Crippen LogP contribution in [0.4, 0.5) is 0 Å². The van der Waals surface area contributed by atoms with E-state index in [1.807, 2.05) is 6.08 Å². The fourth-order valence-corrected chi connectivity index (χ4v) is 1.65. The number of rotatable bonds is 3. The predicted molar refractivity (Wildman–Crippen MR) is 62.3 cm³/mol. The molecule has 0 spiro atoms. The van der Waals surface area contributed by atoms with E-state index in [1.54, 1.807) is 0 Å². The van der Waals surface area contributed by atoms with Gasteiger partial charge in [-0.2, -0.15) is 0 Å². The van der Waals surface area contributed by atoms with Crippen LogP contribution in [0.3, 0.4) is 0 Å². The highest BCUT2D eigenvalue weighted by Crippen LogP contribution is 2.03. The van der Waals surface area contributed by atoms with Gasteiger partial charge in [0.1, 0.15) is 0 Å². The first-order chi connectivity index (χ1) is 5.21. The van der Waals surface area contributed by atoms with E-state index in [1.165, 1.54) is 0 Å². The molecule has 0 N–H and O–H groups in total. The van der Waals surface area contributed by atoms with Crippen molar-refractivity contribution in [2.24, 2.45) is 0 Å². The number of allylic oxidation sites excluding steroid dienone is 2. The van der Waals surface area contributed by atoms with Crippen LogP contribution in [0.25, 0.3) is 0 Å². The molecule has 0 amide bonds. The van der Waals surface area contributed by atoms with Crippen LogP contribution >= 0.6 is 0 Å². The van der Waals surface area contributed by atoms with Crippen LogP contribution in [-0.2, 0) is 0 Å². The molecule has 0 atom stereocenters. The lowest BCUT2D eigenvalue weighted by Crippen LogP contribution is -2.17. The molecule has 2 heteroatoms. The zero-order valence-corrected chi connectivity index (χ0v) is 11.2. The van der Waals surface area contributed by atoms with E-state index >= 15 is 0 Å². The van der Waals surface area contributed by atoms with Gasteiger partial charge in [0, 0.05) is 0 Å². The number of hydrogen-bond acceptors (Lipinski definition) is 0. The summed E-state index contributed by atoms with van der Waals surface area (Å²) in [6, 6.07) is 0. The Morgan fingerprint density at radius 3 is 1.75 bits per heavy atom. The minimum atomic E-state index is -1.13. The largest absolute Gasteiger partial charge is 0.0873 e. The second kappa shape index (κ2) is 4.24. The summed E-state index contributed by atoms with van der Waals surface area (Å²) in [5.74, 6) is 0. The van der Waals surface area contributed by atoms with Gasteiger partial charge in [-0.3, -0.25) is 0 Å². The Labute approximate surface area is 79.4 Å². The van der Waals surface area contributed by atoms with Crippen LogP contribution in [0.15, 0.2) is 11.8 Å². The third kappa shape index (κ3) is 9.91. The lowest BCUT2D eigenvalue weighted by atomic mass is 10.6. The highest BCUT2D eigenvalue weighted by molar-refractivity contribution is 6.81. The Kier molecular flexibility index (Phi) is 4.21. The van der Waals surface area contributed by atoms with E-state index < -0.39 is 16.1 Å². The second-order valence-electron chi connectivity index (χ2n) is 5.22. The molecule has 2 radical (unpaired) electrons. The van der Waals surface area contributed by atoms with Gasteiger partial charge in [-0.25, -0.2) is 0 Å². The molecule has 0 aromatic rings. The molecule has 0 aliphatic rings. The lowest BCUT2D eigenvalue weighted by Gasteiger charge is -2.08. The molecule has 0 heterocycles. The van der Waals surface area contributed by atoms with Gasteiger partial charge in [0.25, 0.3) is 0 Å². The zero-order chi connectivity index (χ0) is 9.83. The topological polar surface area (TPSA) is 0 Å². The molecule has 68 valence electrons. The van der Waals surface area contributed by atoms with Crippen molar-refractivity contribution in [3.05, 3.63) is 23.6 Å². The van der Waals surface area contributed by atoms with Crippen molar-refractivity contribution in [3.8, 4) is 0 Å². The van der Waals surface area contributed by atoms with Gasteiger partial charge in [-0.1, -0.05) is 56.8 Å². The normalized spacial score (nSPS) is 14.8. The molecule has 0 saturated carbocycles. The van der Waals surface area contributed by atoms with Gasteiger partial charge in [0.2, 0.25) is 0 Å². The summed E-state index contributed by atoms with van der Waals surface area (Å²) in [6.45, 7) is 13.8. The summed E-state index contributed by atoms with van der Waals surface area (Å²) in [5, 5.41) is 0. The average Bonchev–Trinajstić information content (AvgIpc) is 1.76. The average molecular weight is 196 g/mol. The highest BCUT2D eigenvalue weighted by Gasteiger charge is 2.08. The molecular weight excluding hydrogens is 176 g/mol. The van der Waals surface area contributed by atoms with E-state index in [2.05, 4.69) is 56.8 Å². The minimum absolute atomic E-state index is 1.05. The summed E-state index contributed by atoms with van der Waals surface area (Å²) < 4.78 is 0. The fraction of sp³-hybridized carbons (Fsp3) is 0.600. The minimum Gasteiger partial charge on any atom is -0.0873 e. The van der Waals surface area contributed by atoms with Gasteiger partial charge in [0.05, 0.1) is 16.1 Å². The first kappa shape index (κ1) is 11.9. The van der Waals surface area contributed by atoms with Crippen LogP contribution in [0.2, 0.25) is 39.3 Å². The van der Waals surface area contributed by atoms with E-state index in [0.29, 0.717) is 0 Å². The monoisotopic (exact) mass is 196 g/mol. The van der Waals surface area contributed by atoms with Crippen LogP contribution in [-0.4, -0.2) is 16.1 Å². The maximum Gasteiger partial charge on any atom is 0.0774 e. The van der Waals surface area contributed by atoms with Gasteiger partial charge >= 0.3 is 0 Å². The molecule has 0 bridgehead atoms. The van der Waals surface area contributed by atoms with Gasteiger partial charge < -0.3 is 0 Å². The Hall–Kier alpha value is -0.0862. The summed E-state index contributed by atoms with van der Waals surface area (Å²) in [5.41, 5.74) is 5.61. The molecule has 0 saturated heterocycles. The molecule has 0 rings (SSSR count). The molecular formula is C10H20Si2. The molecule has 0 aromatic carbocycles. The SMILES string of the molecule is C[Si](C)(C)/[C]=C\[C]=C/[Si](C)(C)C. The van der Waals surface area contributed by atoms with Gasteiger partial charge in [-0.15, -0.1) is 0 Å². The molecule has 0 aromatic heterocycles. The van der Waals surface area contributed by atoms with E-state index in [0.717, 1.165) is 0 Å². The molecule has 0 fully saturated rings. The standard InChI is InChI=1S/C10H20Si2/c1-11(2,3)9-7-8-10-12(4,5)6/h7,10H,1-6H3. The maximum absolute atomic E-state index is 3.39. The fourth-order valence-electron chi connectivity index (χ4n) is 0.550. The quantitative estimate of drug-likeness (QED) is 0.479. The molecule has 0 aliphatic heterocycles. The van der Waals surface area contributed by atoms with Crippen molar-refractivity contribution in [1.82, 2.24) is 0 Å². The zero-order valence-electron chi connectivity index (χ0n) is 9.15. The number of hydrogen-bond donors (Lipinski definition) is 0. The maximum atomic E-state index is 3.39. The van der Waals surface area contributed by atoms with E-state index in [-0.39, 0.29) is 0 Å². The summed E-state index contributed by atoms with van der Waals surface area (Å²) in [4.78, 5) is 0. The van der Waals surface area contributed by atoms with Crippen molar-refractivity contribution in [2.75, 3.05) is 0 Å². The van der Waals surface area contributed by atoms with Crippen LogP contribution in [0, 0.1) is 11.8 Å². The van der Waals surface area contributed by atoms with Gasteiger partial charge in [0.15, 0.2) is 0 Å². The second-order valence-corrected chi connectivity index (χ2v) is 15.0. The summed E-state index contributed by atoms with van der Waals surface area (Å²) in [7, 11) is -2.17. The first-order valence-electron chi connectivity index (χ1n) is 4.40. The van der Waals surface area contributed by atoms with Crippen molar-refractivity contribution < 1.29 is 0 Å². The van der Waals surface area contributed by atoms with Crippen LogP contribution in [0.5, 0.6) is 0 Å². The Morgan fingerprint density at radius 1 is 0.917 bits per heavy atom. The van der Waals surface area contributed by atoms with Crippen molar-refractivity contribution in [2.45, 2.75) is 39.3 Å². The van der Waals surface area contributed by atoms with E-state index in [9.17, 15) is 0 Å². The predicted octanol–water partition coefficient (Wildman–Crippen LogP) is 3.46. The van der Waals surface area contributed by atoms with Crippen molar-refractivity contribution >= 4 is 16.1 Å². The molecule has 0 unspecified atom stereocenters.